The van der Waals surface area contributed by atoms with Crippen molar-refractivity contribution in [2.75, 3.05) is 33.4 Å². The molecule has 1 saturated heterocycles. The van der Waals surface area contributed by atoms with Crippen molar-refractivity contribution in [2.45, 2.75) is 25.6 Å². The molecule has 1 aliphatic heterocycles. The van der Waals surface area contributed by atoms with Crippen molar-refractivity contribution < 1.29 is 27.4 Å². The van der Waals surface area contributed by atoms with Crippen molar-refractivity contribution in [1.29, 1.82) is 0 Å². The third-order valence-corrected chi connectivity index (χ3v) is 5.31. The number of ether oxygens (including phenoxy) is 1. The van der Waals surface area contributed by atoms with E-state index in [1.54, 1.807) is 12.1 Å². The van der Waals surface area contributed by atoms with E-state index in [4.69, 9.17) is 4.74 Å². The number of piperazine rings is 1. The molecule has 0 aliphatic carbocycles. The summed E-state index contributed by atoms with van der Waals surface area (Å²) in [5, 5.41) is 9.42. The van der Waals surface area contributed by atoms with Crippen LogP contribution in [0.4, 0.5) is 17.6 Å². The Kier molecular flexibility index (Phi) is 7.10. The molecular formula is C21H24F4N2O2. The lowest BCUT2D eigenvalue weighted by Gasteiger charge is -2.41. The molecule has 1 aliphatic rings. The van der Waals surface area contributed by atoms with E-state index in [-0.39, 0.29) is 30.6 Å². The highest BCUT2D eigenvalue weighted by atomic mass is 19.2. The van der Waals surface area contributed by atoms with Crippen molar-refractivity contribution >= 4 is 0 Å². The van der Waals surface area contributed by atoms with E-state index in [1.807, 2.05) is 9.80 Å². The zero-order valence-corrected chi connectivity index (χ0v) is 16.2. The Morgan fingerprint density at radius 3 is 2.45 bits per heavy atom. The lowest BCUT2D eigenvalue weighted by Crippen LogP contribution is -2.52. The lowest BCUT2D eigenvalue weighted by atomic mass is 10.1. The summed E-state index contributed by atoms with van der Waals surface area (Å²) in [6, 6.07) is 6.22. The van der Waals surface area contributed by atoms with Gasteiger partial charge >= 0.3 is 0 Å². The summed E-state index contributed by atoms with van der Waals surface area (Å²) in [4.78, 5) is 3.86. The quantitative estimate of drug-likeness (QED) is 0.559. The van der Waals surface area contributed by atoms with E-state index >= 15 is 0 Å². The van der Waals surface area contributed by atoms with Crippen LogP contribution in [0.1, 0.15) is 17.5 Å². The molecule has 0 saturated carbocycles. The molecule has 8 heteroatoms. The van der Waals surface area contributed by atoms with Gasteiger partial charge in [-0.15, -0.1) is 0 Å². The van der Waals surface area contributed by atoms with Crippen LogP contribution >= 0.6 is 0 Å². The summed E-state index contributed by atoms with van der Waals surface area (Å²) in [5.41, 5.74) is 0.201. The maximum Gasteiger partial charge on any atom is 0.166 e. The van der Waals surface area contributed by atoms with Crippen molar-refractivity contribution in [2.24, 2.45) is 0 Å². The molecule has 158 valence electrons. The molecule has 1 atom stereocenters. The molecule has 0 bridgehead atoms. The molecule has 3 rings (SSSR count). The molecule has 29 heavy (non-hydrogen) atoms. The number of rotatable bonds is 7. The normalized spacial score (nSPS) is 18.2. The van der Waals surface area contributed by atoms with Gasteiger partial charge < -0.3 is 9.84 Å². The number of hydrogen-bond acceptors (Lipinski definition) is 4. The minimum Gasteiger partial charge on any atom is -0.497 e. The zero-order chi connectivity index (χ0) is 21.0. The Labute approximate surface area is 167 Å². The molecule has 1 N–H and O–H groups in total. The molecule has 0 spiro atoms. The fraction of sp³-hybridized carbons (Fsp3) is 0.429. The zero-order valence-electron chi connectivity index (χ0n) is 16.2. The Morgan fingerprint density at radius 1 is 1.00 bits per heavy atom. The van der Waals surface area contributed by atoms with Crippen LogP contribution in [0.25, 0.3) is 0 Å². The van der Waals surface area contributed by atoms with Gasteiger partial charge in [-0.2, -0.15) is 0 Å². The van der Waals surface area contributed by atoms with E-state index in [0.717, 1.165) is 12.1 Å². The SMILES string of the molecule is COc1ccc(CN2CCN(Cc3c(F)ccc(F)c3F)CC2CCO)c(F)c1. The molecular weight excluding hydrogens is 388 g/mol. The van der Waals surface area contributed by atoms with Crippen LogP contribution in [0.2, 0.25) is 0 Å². The van der Waals surface area contributed by atoms with Crippen LogP contribution in [-0.2, 0) is 13.1 Å². The van der Waals surface area contributed by atoms with Gasteiger partial charge in [0.1, 0.15) is 17.4 Å². The Balaban J connectivity index is 1.71. The lowest BCUT2D eigenvalue weighted by molar-refractivity contribution is 0.0481. The summed E-state index contributed by atoms with van der Waals surface area (Å²) in [6.07, 6.45) is 0.433. The van der Waals surface area contributed by atoms with Crippen molar-refractivity contribution in [1.82, 2.24) is 9.80 Å². The van der Waals surface area contributed by atoms with Gasteiger partial charge in [-0.3, -0.25) is 9.80 Å². The summed E-state index contributed by atoms with van der Waals surface area (Å²) in [7, 11) is 1.47. The van der Waals surface area contributed by atoms with E-state index in [0.29, 0.717) is 43.9 Å². The van der Waals surface area contributed by atoms with Crippen LogP contribution in [0.5, 0.6) is 5.75 Å². The monoisotopic (exact) mass is 412 g/mol. The number of methoxy groups -OCH3 is 1. The third-order valence-electron chi connectivity index (χ3n) is 5.31. The smallest absolute Gasteiger partial charge is 0.166 e. The topological polar surface area (TPSA) is 35.9 Å². The Bertz CT molecular complexity index is 850. The van der Waals surface area contributed by atoms with Crippen LogP contribution in [0, 0.1) is 23.3 Å². The van der Waals surface area contributed by atoms with E-state index in [9.17, 15) is 22.7 Å². The summed E-state index contributed by atoms with van der Waals surface area (Å²) < 4.78 is 60.7. The highest BCUT2D eigenvalue weighted by Crippen LogP contribution is 2.24. The van der Waals surface area contributed by atoms with E-state index in [1.165, 1.54) is 13.2 Å². The number of aliphatic hydroxyl groups excluding tert-OH is 1. The second kappa shape index (κ2) is 9.56. The van der Waals surface area contributed by atoms with Gasteiger partial charge in [0.05, 0.1) is 7.11 Å². The largest absolute Gasteiger partial charge is 0.497 e. The number of hydrogen-bond donors (Lipinski definition) is 1. The number of nitrogens with zero attached hydrogens (tertiary/aromatic N) is 2. The standard InChI is InChI=1S/C21H24F4N2O2/c1-29-16-3-2-14(20(24)10-16)11-27-8-7-26(12-15(27)6-9-28)13-17-18(22)4-5-19(23)21(17)25/h2-5,10,15,28H,6-9,11-13H2,1H3. The average Bonchev–Trinajstić information content (AvgIpc) is 2.71. The first-order valence-corrected chi connectivity index (χ1v) is 9.45. The summed E-state index contributed by atoms with van der Waals surface area (Å²) in [5.74, 6) is -2.99. The summed E-state index contributed by atoms with van der Waals surface area (Å²) in [6.45, 7) is 1.64. The van der Waals surface area contributed by atoms with Gasteiger partial charge in [-0.1, -0.05) is 6.07 Å². The maximum atomic E-state index is 14.3. The van der Waals surface area contributed by atoms with Crippen molar-refractivity contribution in [3.05, 3.63) is 64.7 Å². The molecule has 0 aromatic heterocycles. The molecule has 1 unspecified atom stereocenters. The van der Waals surface area contributed by atoms with Crippen molar-refractivity contribution in [3.63, 3.8) is 0 Å². The van der Waals surface area contributed by atoms with Crippen LogP contribution in [-0.4, -0.2) is 54.3 Å². The van der Waals surface area contributed by atoms with Crippen molar-refractivity contribution in [3.8, 4) is 5.75 Å². The summed E-state index contributed by atoms with van der Waals surface area (Å²) >= 11 is 0. The first kappa shape index (κ1) is 21.5. The van der Waals surface area contributed by atoms with Crippen LogP contribution < -0.4 is 4.74 Å². The highest BCUT2D eigenvalue weighted by Gasteiger charge is 2.28. The average molecular weight is 412 g/mol. The number of halogens is 4. The minimum atomic E-state index is -1.17. The van der Waals surface area contributed by atoms with E-state index in [2.05, 4.69) is 0 Å². The first-order valence-electron chi connectivity index (χ1n) is 9.45. The molecule has 2 aromatic rings. The van der Waals surface area contributed by atoms with E-state index < -0.39 is 17.5 Å². The number of aliphatic hydroxyl groups is 1. The molecule has 4 nitrogen and oxygen atoms in total. The Hall–Kier alpha value is -2.16. The van der Waals surface area contributed by atoms with Gasteiger partial charge in [0.15, 0.2) is 11.6 Å². The third kappa shape index (κ3) is 5.07. The fourth-order valence-electron chi connectivity index (χ4n) is 3.67. The van der Waals surface area contributed by atoms with Gasteiger partial charge in [0, 0.05) is 62.6 Å². The van der Waals surface area contributed by atoms with Crippen LogP contribution in [0.3, 0.4) is 0 Å². The second-order valence-corrected chi connectivity index (χ2v) is 7.15. The van der Waals surface area contributed by atoms with Gasteiger partial charge in [0.2, 0.25) is 0 Å². The van der Waals surface area contributed by atoms with Crippen LogP contribution in [0.15, 0.2) is 30.3 Å². The highest BCUT2D eigenvalue weighted by molar-refractivity contribution is 5.29. The predicted octanol–water partition coefficient (Wildman–Crippen LogP) is 3.32. The molecule has 0 radical (unpaired) electrons. The van der Waals surface area contributed by atoms with Gasteiger partial charge in [0.25, 0.3) is 0 Å². The molecule has 1 fully saturated rings. The Morgan fingerprint density at radius 2 is 1.76 bits per heavy atom. The minimum absolute atomic E-state index is 0.0667. The van der Waals surface area contributed by atoms with Gasteiger partial charge in [-0.05, 0) is 24.6 Å². The molecule has 2 aromatic carbocycles. The molecule has 1 heterocycles. The predicted molar refractivity (Wildman–Crippen MR) is 100 cm³/mol. The van der Waals surface area contributed by atoms with Gasteiger partial charge in [-0.25, -0.2) is 17.6 Å². The number of benzene rings is 2. The second-order valence-electron chi connectivity index (χ2n) is 7.15. The first-order chi connectivity index (χ1) is 13.9. The molecule has 0 amide bonds. The maximum absolute atomic E-state index is 14.3. The fourth-order valence-corrected chi connectivity index (χ4v) is 3.67.